The minimum absolute atomic E-state index is 0.0377. The molecule has 3 amide bonds. The maximum atomic E-state index is 13.0. The molecule has 1 unspecified atom stereocenters. The second-order valence-corrected chi connectivity index (χ2v) is 8.50. The Morgan fingerprint density at radius 2 is 1.65 bits per heavy atom. The number of hydrogen-bond acceptors (Lipinski definition) is 5. The molecule has 172 valence electrons. The first-order chi connectivity index (χ1) is 16.2. The number of para-hydroxylation sites is 1. The predicted octanol–water partition coefficient (Wildman–Crippen LogP) is 5.29. The maximum absolute atomic E-state index is 13.0. The van der Waals surface area contributed by atoms with Gasteiger partial charge in [0.1, 0.15) is 0 Å². The van der Waals surface area contributed by atoms with Crippen molar-refractivity contribution in [3.63, 3.8) is 0 Å². The van der Waals surface area contributed by atoms with Crippen LogP contribution in [0.1, 0.15) is 43.6 Å². The molecule has 0 radical (unpaired) electrons. The van der Waals surface area contributed by atoms with Gasteiger partial charge in [0, 0.05) is 5.02 Å². The van der Waals surface area contributed by atoms with E-state index in [0.717, 1.165) is 10.5 Å². The van der Waals surface area contributed by atoms with Crippen LogP contribution in [0.15, 0.2) is 60.7 Å². The fourth-order valence-corrected chi connectivity index (χ4v) is 3.96. The summed E-state index contributed by atoms with van der Waals surface area (Å²) in [6, 6.07) is 15.7. The van der Waals surface area contributed by atoms with E-state index < -0.39 is 29.8 Å². The van der Waals surface area contributed by atoms with E-state index in [1.54, 1.807) is 31.2 Å². The summed E-state index contributed by atoms with van der Waals surface area (Å²) < 4.78 is 5.26. The number of nitrogens with zero attached hydrogens (tertiary/aromatic N) is 1. The van der Waals surface area contributed by atoms with Gasteiger partial charge in [-0.25, -0.2) is 9.69 Å². The molecule has 1 heterocycles. The number of halogens is 2. The molecule has 34 heavy (non-hydrogen) atoms. The molecule has 0 saturated heterocycles. The number of fused-ring (bicyclic) bond motifs is 1. The molecule has 0 saturated carbocycles. The zero-order chi connectivity index (χ0) is 24.6. The first-order valence-electron chi connectivity index (χ1n) is 10.2. The Morgan fingerprint density at radius 3 is 2.35 bits per heavy atom. The zero-order valence-electron chi connectivity index (χ0n) is 18.1. The molecule has 1 atom stereocenters. The Hall–Kier alpha value is -3.68. The molecule has 0 aliphatic carbocycles. The highest BCUT2D eigenvalue weighted by molar-refractivity contribution is 6.37. The second-order valence-electron chi connectivity index (χ2n) is 7.65. The summed E-state index contributed by atoms with van der Waals surface area (Å²) in [5, 5.41) is 3.21. The van der Waals surface area contributed by atoms with Crippen molar-refractivity contribution in [3.05, 3.63) is 93.0 Å². The summed E-state index contributed by atoms with van der Waals surface area (Å²) in [4.78, 5) is 52.0. The van der Waals surface area contributed by atoms with Gasteiger partial charge in [0.25, 0.3) is 17.7 Å². The third-order valence-corrected chi connectivity index (χ3v) is 5.87. The van der Waals surface area contributed by atoms with Crippen LogP contribution in [-0.4, -0.2) is 29.8 Å². The lowest BCUT2D eigenvalue weighted by molar-refractivity contribution is -0.123. The lowest BCUT2D eigenvalue weighted by Gasteiger charge is -2.16. The van der Waals surface area contributed by atoms with Gasteiger partial charge in [0.15, 0.2) is 6.10 Å². The van der Waals surface area contributed by atoms with Gasteiger partial charge < -0.3 is 10.1 Å². The summed E-state index contributed by atoms with van der Waals surface area (Å²) in [5.41, 5.74) is 1.87. The Morgan fingerprint density at radius 1 is 0.941 bits per heavy atom. The van der Waals surface area contributed by atoms with Gasteiger partial charge >= 0.3 is 5.97 Å². The number of benzene rings is 3. The monoisotopic (exact) mass is 496 g/mol. The maximum Gasteiger partial charge on any atom is 0.338 e. The van der Waals surface area contributed by atoms with Crippen molar-refractivity contribution in [2.24, 2.45) is 0 Å². The number of amides is 3. The highest BCUT2D eigenvalue weighted by Crippen LogP contribution is 2.31. The van der Waals surface area contributed by atoms with E-state index in [-0.39, 0.29) is 21.7 Å². The van der Waals surface area contributed by atoms with E-state index in [2.05, 4.69) is 5.32 Å². The number of carbonyl (C=O) groups is 4. The fourth-order valence-electron chi connectivity index (χ4n) is 3.51. The van der Waals surface area contributed by atoms with Crippen LogP contribution >= 0.6 is 23.2 Å². The summed E-state index contributed by atoms with van der Waals surface area (Å²) in [5.74, 6) is -2.42. The average molecular weight is 497 g/mol. The van der Waals surface area contributed by atoms with Crippen molar-refractivity contribution in [1.82, 2.24) is 0 Å². The molecule has 3 aromatic carbocycles. The normalized spacial score (nSPS) is 13.5. The number of nitrogens with one attached hydrogen (secondary N) is 1. The third-order valence-electron chi connectivity index (χ3n) is 5.32. The van der Waals surface area contributed by atoms with Crippen molar-refractivity contribution in [2.45, 2.75) is 20.0 Å². The molecular formula is C25H18Cl2N2O5. The molecule has 4 rings (SSSR count). The minimum atomic E-state index is -1.16. The molecule has 1 aliphatic heterocycles. The van der Waals surface area contributed by atoms with Crippen LogP contribution in [0.25, 0.3) is 0 Å². The van der Waals surface area contributed by atoms with E-state index in [1.807, 2.05) is 6.07 Å². The van der Waals surface area contributed by atoms with Crippen molar-refractivity contribution >= 4 is 58.3 Å². The zero-order valence-corrected chi connectivity index (χ0v) is 19.6. The Kier molecular flexibility index (Phi) is 6.41. The number of hydrogen-bond donors (Lipinski definition) is 1. The van der Waals surface area contributed by atoms with Gasteiger partial charge in [-0.3, -0.25) is 14.4 Å². The van der Waals surface area contributed by atoms with Crippen LogP contribution in [0, 0.1) is 6.92 Å². The number of aryl methyl sites for hydroxylation is 1. The number of ether oxygens (including phenoxy) is 1. The summed E-state index contributed by atoms with van der Waals surface area (Å²) in [7, 11) is 0. The number of anilines is 2. The largest absolute Gasteiger partial charge is 0.449 e. The molecule has 7 nitrogen and oxygen atoms in total. The molecule has 1 aliphatic rings. The number of esters is 1. The van der Waals surface area contributed by atoms with E-state index in [4.69, 9.17) is 27.9 Å². The topological polar surface area (TPSA) is 92.8 Å². The lowest BCUT2D eigenvalue weighted by Crippen LogP contribution is -2.30. The van der Waals surface area contributed by atoms with Gasteiger partial charge in [-0.05, 0) is 61.9 Å². The molecule has 0 fully saturated rings. The van der Waals surface area contributed by atoms with Crippen LogP contribution in [-0.2, 0) is 9.53 Å². The highest BCUT2D eigenvalue weighted by Gasteiger charge is 2.38. The fraction of sp³-hybridized carbons (Fsp3) is 0.120. The van der Waals surface area contributed by atoms with Crippen LogP contribution in [0.5, 0.6) is 0 Å². The number of imide groups is 1. The van der Waals surface area contributed by atoms with Crippen LogP contribution in [0.3, 0.4) is 0 Å². The first-order valence-corrected chi connectivity index (χ1v) is 11.0. The Bertz CT molecular complexity index is 1350. The van der Waals surface area contributed by atoms with Crippen molar-refractivity contribution in [2.75, 3.05) is 10.2 Å². The van der Waals surface area contributed by atoms with E-state index in [0.29, 0.717) is 16.4 Å². The molecule has 1 N–H and O–H groups in total. The summed E-state index contributed by atoms with van der Waals surface area (Å²) >= 11 is 11.9. The van der Waals surface area contributed by atoms with Gasteiger partial charge in [-0.2, -0.15) is 0 Å². The molecule has 0 aromatic heterocycles. The van der Waals surface area contributed by atoms with Crippen molar-refractivity contribution in [3.8, 4) is 0 Å². The standard InChI is InChI=1S/C25H18Cl2N2O5/c1-13-5-3-4-6-21(13)29-23(31)17-9-7-15(11-18(17)24(29)32)25(33)34-14(2)22(30)28-20-10-8-16(26)12-19(20)27/h3-12,14H,1-2H3,(H,28,30). The van der Waals surface area contributed by atoms with Crippen molar-refractivity contribution in [1.29, 1.82) is 0 Å². The number of rotatable bonds is 5. The van der Waals surface area contributed by atoms with Gasteiger partial charge in [-0.1, -0.05) is 41.4 Å². The van der Waals surface area contributed by atoms with E-state index >= 15 is 0 Å². The third kappa shape index (κ3) is 4.40. The first kappa shape index (κ1) is 23.5. The average Bonchev–Trinajstić information content (AvgIpc) is 3.05. The molecule has 3 aromatic rings. The summed E-state index contributed by atoms with van der Waals surface area (Å²) in [6.07, 6.45) is -1.16. The molecular weight excluding hydrogens is 479 g/mol. The van der Waals surface area contributed by atoms with Crippen LogP contribution < -0.4 is 10.2 Å². The quantitative estimate of drug-likeness (QED) is 0.382. The molecule has 9 heteroatoms. The number of carbonyl (C=O) groups excluding carboxylic acids is 4. The smallest absolute Gasteiger partial charge is 0.338 e. The van der Waals surface area contributed by atoms with E-state index in [1.165, 1.54) is 37.3 Å². The Labute approximate surface area is 205 Å². The van der Waals surface area contributed by atoms with E-state index in [9.17, 15) is 19.2 Å². The predicted molar refractivity (Wildman–Crippen MR) is 129 cm³/mol. The van der Waals surface area contributed by atoms with Crippen LogP contribution in [0.2, 0.25) is 10.0 Å². The minimum Gasteiger partial charge on any atom is -0.449 e. The van der Waals surface area contributed by atoms with Crippen molar-refractivity contribution < 1.29 is 23.9 Å². The van der Waals surface area contributed by atoms with Crippen LogP contribution in [0.4, 0.5) is 11.4 Å². The van der Waals surface area contributed by atoms with Gasteiger partial charge in [0.2, 0.25) is 0 Å². The Balaban J connectivity index is 1.50. The van der Waals surface area contributed by atoms with Gasteiger partial charge in [-0.15, -0.1) is 0 Å². The lowest BCUT2D eigenvalue weighted by atomic mass is 10.1. The molecule has 0 bridgehead atoms. The summed E-state index contributed by atoms with van der Waals surface area (Å²) in [6.45, 7) is 3.20. The molecule has 0 spiro atoms. The van der Waals surface area contributed by atoms with Gasteiger partial charge in [0.05, 0.1) is 33.1 Å². The highest BCUT2D eigenvalue weighted by atomic mass is 35.5. The second kappa shape index (κ2) is 9.29. The SMILES string of the molecule is Cc1ccccc1N1C(=O)c2ccc(C(=O)OC(C)C(=O)Nc3ccc(Cl)cc3Cl)cc2C1=O.